The van der Waals surface area contributed by atoms with E-state index in [1.54, 1.807) is 0 Å². The fourth-order valence-electron chi connectivity index (χ4n) is 3.08. The lowest BCUT2D eigenvalue weighted by molar-refractivity contribution is -0.118. The number of aromatic nitrogens is 3. The Balaban J connectivity index is 1.56. The van der Waals surface area contributed by atoms with Crippen LogP contribution in [0.2, 0.25) is 0 Å². The molecular weight excluding hydrogens is 382 g/mol. The van der Waals surface area contributed by atoms with Crippen molar-refractivity contribution in [1.29, 1.82) is 0 Å². The summed E-state index contributed by atoms with van der Waals surface area (Å²) in [5.41, 5.74) is 2.36. The van der Waals surface area contributed by atoms with E-state index in [2.05, 4.69) is 44.7 Å². The van der Waals surface area contributed by atoms with Gasteiger partial charge in [0.1, 0.15) is 5.82 Å². The largest absolute Gasteiger partial charge is 0.353 e. The highest BCUT2D eigenvalue weighted by Gasteiger charge is 2.16. The van der Waals surface area contributed by atoms with E-state index >= 15 is 0 Å². The third-order valence-electron chi connectivity index (χ3n) is 4.72. The molecule has 0 aliphatic rings. The van der Waals surface area contributed by atoms with Crippen molar-refractivity contribution in [2.75, 3.05) is 26.4 Å². The monoisotopic (exact) mass is 409 g/mol. The van der Waals surface area contributed by atoms with Crippen molar-refractivity contribution in [3.63, 3.8) is 0 Å². The molecule has 7 heteroatoms. The number of nitrogens with zero attached hydrogens (tertiary/aromatic N) is 4. The van der Waals surface area contributed by atoms with Gasteiger partial charge < -0.3 is 14.8 Å². The fourth-order valence-corrected chi connectivity index (χ4v) is 3.90. The van der Waals surface area contributed by atoms with Crippen LogP contribution >= 0.6 is 11.8 Å². The molecule has 2 aromatic carbocycles. The van der Waals surface area contributed by atoms with E-state index in [9.17, 15) is 4.79 Å². The minimum absolute atomic E-state index is 0.00954. The van der Waals surface area contributed by atoms with Gasteiger partial charge in [0.05, 0.1) is 18.3 Å². The highest BCUT2D eigenvalue weighted by atomic mass is 32.2. The number of amides is 1. The summed E-state index contributed by atoms with van der Waals surface area (Å²) in [6, 6.07) is 20.5. The zero-order valence-corrected chi connectivity index (χ0v) is 17.9. The fraction of sp³-hybridized carbons (Fsp3) is 0.318. The maximum Gasteiger partial charge on any atom is 0.230 e. The third-order valence-corrected chi connectivity index (χ3v) is 5.68. The zero-order chi connectivity index (χ0) is 20.6. The van der Waals surface area contributed by atoms with Crippen LogP contribution in [0.1, 0.15) is 23.0 Å². The van der Waals surface area contributed by atoms with Crippen LogP contribution in [0.4, 0.5) is 0 Å². The van der Waals surface area contributed by atoms with Gasteiger partial charge >= 0.3 is 0 Å². The lowest BCUT2D eigenvalue weighted by Crippen LogP contribution is -2.35. The standard InChI is InChI=1S/C22H27N5OS/c1-17-24-25-22(27(17)15-18-10-6-4-7-11-18)29-16-21(28)23-14-20(26(2)3)19-12-8-5-9-13-19/h4-13,20H,14-16H2,1-3H3,(H,23,28). The summed E-state index contributed by atoms with van der Waals surface area (Å²) in [5.74, 6) is 1.14. The summed E-state index contributed by atoms with van der Waals surface area (Å²) in [6.07, 6.45) is 0. The maximum absolute atomic E-state index is 12.4. The van der Waals surface area contributed by atoms with Gasteiger partial charge in [0.25, 0.3) is 0 Å². The molecule has 0 radical (unpaired) electrons. The Hall–Kier alpha value is -2.64. The van der Waals surface area contributed by atoms with Crippen LogP contribution in [0, 0.1) is 6.92 Å². The summed E-state index contributed by atoms with van der Waals surface area (Å²) < 4.78 is 2.04. The summed E-state index contributed by atoms with van der Waals surface area (Å²) in [7, 11) is 4.04. The van der Waals surface area contributed by atoms with Crippen LogP contribution in [0.15, 0.2) is 65.8 Å². The lowest BCUT2D eigenvalue weighted by Gasteiger charge is -2.25. The molecule has 3 rings (SSSR count). The molecular formula is C22H27N5OS. The second kappa shape index (κ2) is 10.2. The number of likely N-dealkylation sites (N-methyl/N-ethyl adjacent to an activating group) is 1. The average molecular weight is 410 g/mol. The molecule has 29 heavy (non-hydrogen) atoms. The minimum atomic E-state index is -0.00954. The van der Waals surface area contributed by atoms with Crippen LogP contribution in [0.25, 0.3) is 0 Å². The normalized spacial score (nSPS) is 12.1. The maximum atomic E-state index is 12.4. The number of nitrogens with one attached hydrogen (secondary N) is 1. The first-order valence-corrected chi connectivity index (χ1v) is 10.6. The Morgan fingerprint density at radius 1 is 1.07 bits per heavy atom. The number of rotatable bonds is 9. The van der Waals surface area contributed by atoms with Gasteiger partial charge in [-0.15, -0.1) is 10.2 Å². The Bertz CT molecular complexity index is 911. The molecule has 0 saturated carbocycles. The highest BCUT2D eigenvalue weighted by molar-refractivity contribution is 7.99. The van der Waals surface area contributed by atoms with Crippen molar-refractivity contribution in [3.8, 4) is 0 Å². The molecule has 152 valence electrons. The third kappa shape index (κ3) is 5.92. The molecule has 0 aliphatic carbocycles. The van der Waals surface area contributed by atoms with Gasteiger partial charge in [-0.2, -0.15) is 0 Å². The Labute approximate surface area is 176 Å². The van der Waals surface area contributed by atoms with E-state index in [-0.39, 0.29) is 11.9 Å². The van der Waals surface area contributed by atoms with E-state index < -0.39 is 0 Å². The number of aryl methyl sites for hydroxylation is 1. The topological polar surface area (TPSA) is 63.1 Å². The first-order valence-electron chi connectivity index (χ1n) is 9.59. The van der Waals surface area contributed by atoms with Gasteiger partial charge in [-0.3, -0.25) is 4.79 Å². The van der Waals surface area contributed by atoms with Crippen molar-refractivity contribution in [1.82, 2.24) is 25.0 Å². The summed E-state index contributed by atoms with van der Waals surface area (Å²) >= 11 is 1.41. The van der Waals surface area contributed by atoms with Crippen molar-refractivity contribution >= 4 is 17.7 Å². The number of carbonyl (C=O) groups is 1. The summed E-state index contributed by atoms with van der Waals surface area (Å²) in [4.78, 5) is 14.6. The molecule has 0 spiro atoms. The molecule has 1 amide bonds. The summed E-state index contributed by atoms with van der Waals surface area (Å²) in [5, 5.41) is 12.2. The van der Waals surface area contributed by atoms with E-state index in [0.717, 1.165) is 11.0 Å². The lowest BCUT2D eigenvalue weighted by atomic mass is 10.1. The van der Waals surface area contributed by atoms with Crippen molar-refractivity contribution in [2.45, 2.75) is 24.7 Å². The number of hydrogen-bond donors (Lipinski definition) is 1. The van der Waals surface area contributed by atoms with Gasteiger partial charge in [0.15, 0.2) is 5.16 Å². The van der Waals surface area contributed by atoms with Crippen molar-refractivity contribution in [3.05, 3.63) is 77.6 Å². The first kappa shape index (κ1) is 21.1. The number of benzene rings is 2. The van der Waals surface area contributed by atoms with Crippen LogP contribution in [-0.2, 0) is 11.3 Å². The van der Waals surface area contributed by atoms with Gasteiger partial charge in [0, 0.05) is 6.54 Å². The van der Waals surface area contributed by atoms with E-state index in [1.165, 1.54) is 22.9 Å². The molecule has 6 nitrogen and oxygen atoms in total. The second-order valence-corrected chi connectivity index (χ2v) is 8.03. The number of thioether (sulfide) groups is 1. The van der Waals surface area contributed by atoms with Gasteiger partial charge in [-0.25, -0.2) is 0 Å². The smallest absolute Gasteiger partial charge is 0.230 e. The predicted molar refractivity (Wildman–Crippen MR) is 117 cm³/mol. The summed E-state index contributed by atoms with van der Waals surface area (Å²) in [6.45, 7) is 3.19. The molecule has 0 saturated heterocycles. The number of hydrogen-bond acceptors (Lipinski definition) is 5. The Morgan fingerprint density at radius 3 is 2.38 bits per heavy atom. The molecule has 1 heterocycles. The van der Waals surface area contributed by atoms with Crippen LogP contribution in [0.5, 0.6) is 0 Å². The average Bonchev–Trinajstić information content (AvgIpc) is 3.07. The molecule has 3 aromatic rings. The quantitative estimate of drug-likeness (QED) is 0.550. The molecule has 1 unspecified atom stereocenters. The van der Waals surface area contributed by atoms with Gasteiger partial charge in [-0.1, -0.05) is 72.4 Å². The molecule has 1 atom stereocenters. The second-order valence-electron chi connectivity index (χ2n) is 7.08. The SMILES string of the molecule is Cc1nnc(SCC(=O)NCC(c2ccccc2)N(C)C)n1Cc1ccccc1. The Kier molecular flexibility index (Phi) is 7.43. The van der Waals surface area contributed by atoms with Crippen molar-refractivity contribution in [2.24, 2.45) is 0 Å². The molecule has 1 aromatic heterocycles. The molecule has 1 N–H and O–H groups in total. The zero-order valence-electron chi connectivity index (χ0n) is 17.1. The van der Waals surface area contributed by atoms with E-state index in [4.69, 9.17) is 0 Å². The molecule has 0 bridgehead atoms. The van der Waals surface area contributed by atoms with Crippen LogP contribution in [-0.4, -0.2) is 52.0 Å². The Morgan fingerprint density at radius 2 is 1.72 bits per heavy atom. The number of carbonyl (C=O) groups excluding carboxylic acids is 1. The van der Waals surface area contributed by atoms with E-state index in [1.807, 2.05) is 62.0 Å². The predicted octanol–water partition coefficient (Wildman–Crippen LogP) is 3.15. The first-order chi connectivity index (χ1) is 14.0. The van der Waals surface area contributed by atoms with Crippen LogP contribution < -0.4 is 5.32 Å². The molecule has 0 aliphatic heterocycles. The van der Waals surface area contributed by atoms with Crippen LogP contribution in [0.3, 0.4) is 0 Å². The highest BCUT2D eigenvalue weighted by Crippen LogP contribution is 2.19. The van der Waals surface area contributed by atoms with Gasteiger partial charge in [-0.05, 0) is 32.1 Å². The van der Waals surface area contributed by atoms with Crippen molar-refractivity contribution < 1.29 is 4.79 Å². The van der Waals surface area contributed by atoms with E-state index in [0.29, 0.717) is 18.8 Å². The molecule has 0 fully saturated rings. The minimum Gasteiger partial charge on any atom is -0.353 e. The van der Waals surface area contributed by atoms with Gasteiger partial charge in [0.2, 0.25) is 5.91 Å².